The second kappa shape index (κ2) is 10.9. The summed E-state index contributed by atoms with van der Waals surface area (Å²) in [4.78, 5) is 22.2. The van der Waals surface area contributed by atoms with Crippen LogP contribution in [-0.4, -0.2) is 60.1 Å². The SMILES string of the molecule is COc1cc(F)ccc1CN1CCO[C@@H](C(=O)N(Cc2cccc3cccnc23)CC(C)C)C1. The molecule has 2 heterocycles. The van der Waals surface area contributed by atoms with Crippen molar-refractivity contribution in [1.82, 2.24) is 14.8 Å². The molecular weight excluding hydrogens is 433 g/mol. The van der Waals surface area contributed by atoms with E-state index in [0.29, 0.717) is 51.0 Å². The topological polar surface area (TPSA) is 54.9 Å². The van der Waals surface area contributed by atoms with Gasteiger partial charge in [0.15, 0.2) is 0 Å². The largest absolute Gasteiger partial charge is 0.496 e. The first kappa shape index (κ1) is 24.1. The third kappa shape index (κ3) is 5.72. The molecule has 1 aromatic heterocycles. The number of pyridine rings is 1. The van der Waals surface area contributed by atoms with Gasteiger partial charge in [-0.15, -0.1) is 0 Å². The maximum Gasteiger partial charge on any atom is 0.253 e. The molecule has 1 amide bonds. The van der Waals surface area contributed by atoms with Gasteiger partial charge in [-0.2, -0.15) is 0 Å². The van der Waals surface area contributed by atoms with Gasteiger partial charge in [-0.25, -0.2) is 4.39 Å². The van der Waals surface area contributed by atoms with E-state index in [2.05, 4.69) is 23.7 Å². The predicted molar refractivity (Wildman–Crippen MR) is 130 cm³/mol. The van der Waals surface area contributed by atoms with Crippen LogP contribution in [-0.2, 0) is 22.6 Å². The molecule has 0 bridgehead atoms. The van der Waals surface area contributed by atoms with Gasteiger partial charge < -0.3 is 14.4 Å². The van der Waals surface area contributed by atoms with Gasteiger partial charge in [0.05, 0.1) is 19.2 Å². The standard InChI is InChI=1S/C27H32FN3O3/c1-19(2)15-31(17-22-7-4-6-20-8-5-11-29-26(20)22)27(32)25-18-30(12-13-34-25)16-21-9-10-23(28)14-24(21)33-3/h4-11,14,19,25H,12-13,15-18H2,1-3H3/t25-/m1/s1. The van der Waals surface area contributed by atoms with Gasteiger partial charge >= 0.3 is 0 Å². The second-order valence-electron chi connectivity index (χ2n) is 9.16. The highest BCUT2D eigenvalue weighted by molar-refractivity contribution is 5.84. The maximum absolute atomic E-state index is 13.6. The molecule has 2 aromatic carbocycles. The number of methoxy groups -OCH3 is 1. The summed E-state index contributed by atoms with van der Waals surface area (Å²) in [6.45, 7) is 7.53. The summed E-state index contributed by atoms with van der Waals surface area (Å²) >= 11 is 0. The van der Waals surface area contributed by atoms with Crippen LogP contribution in [0, 0.1) is 11.7 Å². The van der Waals surface area contributed by atoms with Crippen LogP contribution in [0.4, 0.5) is 4.39 Å². The van der Waals surface area contributed by atoms with Gasteiger partial charge in [0, 0.05) is 55.9 Å². The molecule has 7 heteroatoms. The van der Waals surface area contributed by atoms with Crippen LogP contribution >= 0.6 is 0 Å². The average molecular weight is 466 g/mol. The van der Waals surface area contributed by atoms with Crippen LogP contribution < -0.4 is 4.74 Å². The first-order valence-corrected chi connectivity index (χ1v) is 11.7. The van der Waals surface area contributed by atoms with Crippen molar-refractivity contribution in [2.75, 3.05) is 33.4 Å². The Balaban J connectivity index is 1.50. The average Bonchev–Trinajstić information content (AvgIpc) is 2.84. The van der Waals surface area contributed by atoms with E-state index in [1.807, 2.05) is 35.2 Å². The lowest BCUT2D eigenvalue weighted by Gasteiger charge is -2.36. The third-order valence-electron chi connectivity index (χ3n) is 6.04. The lowest BCUT2D eigenvalue weighted by Crippen LogP contribution is -2.51. The molecule has 0 radical (unpaired) electrons. The summed E-state index contributed by atoms with van der Waals surface area (Å²) < 4.78 is 24.9. The summed E-state index contributed by atoms with van der Waals surface area (Å²) in [5, 5.41) is 1.06. The molecule has 180 valence electrons. The molecule has 3 aromatic rings. The third-order valence-corrected chi connectivity index (χ3v) is 6.04. The highest BCUT2D eigenvalue weighted by Gasteiger charge is 2.31. The summed E-state index contributed by atoms with van der Waals surface area (Å²) in [5.74, 6) is 0.481. The molecule has 4 rings (SSSR count). The molecule has 1 saturated heterocycles. The molecule has 1 fully saturated rings. The predicted octanol–water partition coefficient (Wildman–Crippen LogP) is 4.27. The van der Waals surface area contributed by atoms with Crippen molar-refractivity contribution < 1.29 is 18.7 Å². The van der Waals surface area contributed by atoms with Crippen molar-refractivity contribution in [3.05, 3.63) is 71.7 Å². The van der Waals surface area contributed by atoms with E-state index >= 15 is 0 Å². The number of benzene rings is 2. The molecule has 34 heavy (non-hydrogen) atoms. The highest BCUT2D eigenvalue weighted by atomic mass is 19.1. The minimum atomic E-state index is -0.554. The summed E-state index contributed by atoms with van der Waals surface area (Å²) in [5.41, 5.74) is 2.83. The van der Waals surface area contributed by atoms with E-state index in [9.17, 15) is 9.18 Å². The zero-order chi connectivity index (χ0) is 24.1. The van der Waals surface area contributed by atoms with Gasteiger partial charge in [-0.05, 0) is 23.6 Å². The molecular formula is C27H32FN3O3. The Morgan fingerprint density at radius 1 is 1.24 bits per heavy atom. The first-order valence-electron chi connectivity index (χ1n) is 11.7. The fourth-order valence-corrected chi connectivity index (χ4v) is 4.46. The normalized spacial score (nSPS) is 16.7. The zero-order valence-electron chi connectivity index (χ0n) is 20.0. The summed E-state index contributed by atoms with van der Waals surface area (Å²) in [6, 6.07) is 14.6. The number of hydrogen-bond donors (Lipinski definition) is 0. The van der Waals surface area contributed by atoms with Crippen molar-refractivity contribution in [2.24, 2.45) is 5.92 Å². The number of aromatic nitrogens is 1. The quantitative estimate of drug-likeness (QED) is 0.497. The van der Waals surface area contributed by atoms with E-state index in [1.165, 1.54) is 19.2 Å². The number of fused-ring (bicyclic) bond motifs is 1. The fraction of sp³-hybridized carbons (Fsp3) is 0.407. The van der Waals surface area contributed by atoms with E-state index in [-0.39, 0.29) is 11.7 Å². The van der Waals surface area contributed by atoms with Crippen LogP contribution in [0.3, 0.4) is 0 Å². The van der Waals surface area contributed by atoms with Gasteiger partial charge in [0.25, 0.3) is 5.91 Å². The number of ether oxygens (including phenoxy) is 2. The number of hydrogen-bond acceptors (Lipinski definition) is 5. The van der Waals surface area contributed by atoms with E-state index in [0.717, 1.165) is 22.0 Å². The van der Waals surface area contributed by atoms with Crippen LogP contribution in [0.25, 0.3) is 10.9 Å². The molecule has 6 nitrogen and oxygen atoms in total. The molecule has 0 N–H and O–H groups in total. The zero-order valence-corrected chi connectivity index (χ0v) is 20.0. The second-order valence-corrected chi connectivity index (χ2v) is 9.16. The smallest absolute Gasteiger partial charge is 0.253 e. The summed E-state index contributed by atoms with van der Waals surface area (Å²) in [6.07, 6.45) is 1.23. The maximum atomic E-state index is 13.6. The van der Waals surface area contributed by atoms with E-state index in [4.69, 9.17) is 9.47 Å². The number of rotatable bonds is 8. The monoisotopic (exact) mass is 465 g/mol. The lowest BCUT2D eigenvalue weighted by atomic mass is 10.1. The first-order chi connectivity index (χ1) is 16.4. The van der Waals surface area contributed by atoms with Crippen molar-refractivity contribution in [3.63, 3.8) is 0 Å². The molecule has 0 spiro atoms. The molecule has 0 aliphatic carbocycles. The Bertz CT molecular complexity index is 1130. The van der Waals surface area contributed by atoms with Gasteiger partial charge in [-0.3, -0.25) is 14.7 Å². The minimum absolute atomic E-state index is 0.0163. The molecule has 1 atom stereocenters. The number of carbonyl (C=O) groups excluding carboxylic acids is 1. The molecule has 1 aliphatic heterocycles. The summed E-state index contributed by atoms with van der Waals surface area (Å²) in [7, 11) is 1.54. The molecule has 1 aliphatic rings. The van der Waals surface area contributed by atoms with Crippen molar-refractivity contribution in [2.45, 2.75) is 33.0 Å². The Labute approximate surface area is 200 Å². The van der Waals surface area contributed by atoms with Crippen LogP contribution in [0.2, 0.25) is 0 Å². The molecule has 0 unspecified atom stereocenters. The number of halogens is 1. The Kier molecular flexibility index (Phi) is 7.75. The van der Waals surface area contributed by atoms with Crippen LogP contribution in [0.1, 0.15) is 25.0 Å². The van der Waals surface area contributed by atoms with Crippen LogP contribution in [0.15, 0.2) is 54.7 Å². The van der Waals surface area contributed by atoms with Gasteiger partial charge in [-0.1, -0.05) is 44.2 Å². The van der Waals surface area contributed by atoms with Gasteiger partial charge in [0.2, 0.25) is 0 Å². The number of morpholine rings is 1. The Morgan fingerprint density at radius 3 is 2.85 bits per heavy atom. The lowest BCUT2D eigenvalue weighted by molar-refractivity contribution is -0.151. The van der Waals surface area contributed by atoms with Crippen molar-refractivity contribution in [3.8, 4) is 5.75 Å². The Morgan fingerprint density at radius 2 is 2.06 bits per heavy atom. The van der Waals surface area contributed by atoms with Crippen molar-refractivity contribution >= 4 is 16.8 Å². The van der Waals surface area contributed by atoms with E-state index in [1.54, 1.807) is 12.3 Å². The number of amides is 1. The number of nitrogens with zero attached hydrogens (tertiary/aromatic N) is 3. The van der Waals surface area contributed by atoms with E-state index < -0.39 is 6.10 Å². The minimum Gasteiger partial charge on any atom is -0.496 e. The van der Waals surface area contributed by atoms with Gasteiger partial charge in [0.1, 0.15) is 17.7 Å². The fourth-order valence-electron chi connectivity index (χ4n) is 4.46. The number of para-hydroxylation sites is 1. The Hall–Kier alpha value is -3.03. The number of carbonyl (C=O) groups is 1. The highest BCUT2D eigenvalue weighted by Crippen LogP contribution is 2.24. The molecule has 0 saturated carbocycles. The van der Waals surface area contributed by atoms with Crippen LogP contribution in [0.5, 0.6) is 5.75 Å². The van der Waals surface area contributed by atoms with Crippen molar-refractivity contribution in [1.29, 1.82) is 0 Å².